The predicted molar refractivity (Wildman–Crippen MR) is 156 cm³/mol. The summed E-state index contributed by atoms with van der Waals surface area (Å²) in [7, 11) is 0. The molecule has 322 valence electrons. The zero-order chi connectivity index (χ0) is 45.6. The summed E-state index contributed by atoms with van der Waals surface area (Å²) in [5.74, 6) is -73.5. The highest BCUT2D eigenvalue weighted by Crippen LogP contribution is 2.34. The van der Waals surface area contributed by atoms with Crippen LogP contribution in [0.4, 0.5) is 111 Å². The quantitative estimate of drug-likeness (QED) is 0.0689. The molecule has 0 saturated carbocycles. The summed E-state index contributed by atoms with van der Waals surface area (Å²) in [6.07, 6.45) is -4.46. The van der Waals surface area contributed by atoms with Crippen molar-refractivity contribution in [3.63, 3.8) is 0 Å². The van der Waals surface area contributed by atoms with Gasteiger partial charge < -0.3 is 21.3 Å². The van der Waals surface area contributed by atoms with Crippen LogP contribution in [-0.4, -0.2) is 23.6 Å². The van der Waals surface area contributed by atoms with Crippen molar-refractivity contribution in [2.45, 2.75) is 12.8 Å². The van der Waals surface area contributed by atoms with Crippen molar-refractivity contribution in [2.24, 2.45) is 11.8 Å². The van der Waals surface area contributed by atoms with Gasteiger partial charge in [0.2, 0.25) is 46.9 Å². The van der Waals surface area contributed by atoms with Crippen molar-refractivity contribution in [1.29, 1.82) is 0 Å². The second-order valence-corrected chi connectivity index (χ2v) is 11.5. The Bertz CT molecular complexity index is 2230. The minimum Gasteiger partial charge on any atom is -0.321 e. The molecular weight excluding hydrogens is 884 g/mol. The fraction of sp³-hybridized carbons (Fsp3) is 0.125. The summed E-state index contributed by atoms with van der Waals surface area (Å²) in [5.41, 5.74) is -9.40. The van der Waals surface area contributed by atoms with Crippen LogP contribution in [0.15, 0.2) is 0 Å². The maximum absolute atomic E-state index is 14.6. The smallest absolute Gasteiger partial charge is 0.228 e. The van der Waals surface area contributed by atoms with Crippen molar-refractivity contribution in [3.05, 3.63) is 116 Å². The second kappa shape index (κ2) is 17.3. The van der Waals surface area contributed by atoms with Crippen molar-refractivity contribution < 1.29 is 107 Å². The molecule has 2 atom stereocenters. The van der Waals surface area contributed by atoms with Crippen LogP contribution in [0.25, 0.3) is 0 Å². The predicted octanol–water partition coefficient (Wildman–Crippen LogP) is 8.34. The lowest BCUT2D eigenvalue weighted by molar-refractivity contribution is -0.134. The number of anilines is 4. The summed E-state index contributed by atoms with van der Waals surface area (Å²) in [6, 6.07) is 0. The van der Waals surface area contributed by atoms with Crippen molar-refractivity contribution in [3.8, 4) is 0 Å². The maximum Gasteiger partial charge on any atom is 0.228 e. The van der Waals surface area contributed by atoms with Crippen molar-refractivity contribution in [1.82, 2.24) is 0 Å². The molecule has 28 heteroatoms. The van der Waals surface area contributed by atoms with Gasteiger partial charge in [0.1, 0.15) is 22.7 Å². The van der Waals surface area contributed by atoms with Crippen LogP contribution < -0.4 is 21.3 Å². The van der Waals surface area contributed by atoms with E-state index >= 15 is 0 Å². The molecule has 0 spiro atoms. The van der Waals surface area contributed by atoms with Crippen LogP contribution in [0.5, 0.6) is 0 Å². The lowest BCUT2D eigenvalue weighted by Gasteiger charge is -2.26. The molecule has 8 nitrogen and oxygen atoms in total. The van der Waals surface area contributed by atoms with Gasteiger partial charge in [-0.05, 0) is 0 Å². The van der Waals surface area contributed by atoms with Crippen LogP contribution in [0.1, 0.15) is 12.8 Å². The highest BCUT2D eigenvalue weighted by atomic mass is 19.2. The van der Waals surface area contributed by atoms with E-state index < -0.39 is 187 Å². The Morgan fingerprint density at radius 3 is 0.600 bits per heavy atom. The van der Waals surface area contributed by atoms with E-state index in [1.165, 1.54) is 0 Å². The van der Waals surface area contributed by atoms with Crippen LogP contribution >= 0.6 is 0 Å². The molecule has 4 rings (SSSR count). The Kier molecular flexibility index (Phi) is 13.3. The van der Waals surface area contributed by atoms with Crippen molar-refractivity contribution >= 4 is 46.4 Å². The van der Waals surface area contributed by atoms with E-state index in [9.17, 15) is 107 Å². The average Bonchev–Trinajstić information content (AvgIpc) is 3.22. The van der Waals surface area contributed by atoms with E-state index in [4.69, 9.17) is 0 Å². The third-order valence-electron chi connectivity index (χ3n) is 7.83. The van der Waals surface area contributed by atoms with Crippen LogP contribution in [0.2, 0.25) is 0 Å². The minimum atomic E-state index is -3.32. The van der Waals surface area contributed by atoms with Gasteiger partial charge in [0.25, 0.3) is 0 Å². The van der Waals surface area contributed by atoms with E-state index in [1.807, 2.05) is 0 Å². The molecule has 0 aliphatic carbocycles. The zero-order valence-corrected chi connectivity index (χ0v) is 27.8. The first-order valence-corrected chi connectivity index (χ1v) is 15.0. The summed E-state index contributed by atoms with van der Waals surface area (Å²) in [4.78, 5) is 52.9. The molecule has 4 N–H and O–H groups in total. The Morgan fingerprint density at radius 2 is 0.417 bits per heavy atom. The normalized spacial score (nSPS) is 12.3. The van der Waals surface area contributed by atoms with Gasteiger partial charge in [-0.2, -0.15) is 0 Å². The number of hydrogen-bond donors (Lipinski definition) is 4. The number of amides is 4. The fourth-order valence-corrected chi connectivity index (χ4v) is 4.91. The molecule has 0 bridgehead atoms. The molecule has 60 heavy (non-hydrogen) atoms. The number of halogens is 20. The Balaban J connectivity index is 1.93. The van der Waals surface area contributed by atoms with Gasteiger partial charge in [-0.25, -0.2) is 87.8 Å². The van der Waals surface area contributed by atoms with Crippen LogP contribution in [0.3, 0.4) is 0 Å². The molecule has 0 heterocycles. The Morgan fingerprint density at radius 1 is 0.267 bits per heavy atom. The molecule has 0 aliphatic heterocycles. The van der Waals surface area contributed by atoms with Crippen molar-refractivity contribution in [2.75, 3.05) is 21.3 Å². The Labute approximate surface area is 316 Å². The summed E-state index contributed by atoms with van der Waals surface area (Å²) in [6.45, 7) is 0. The SMILES string of the molecule is O=C(CC(C(=O)Nc1c(F)c(F)c(F)c(F)c1F)C(CC(=O)Nc1c(F)c(F)c(F)c(F)c1F)C(=O)Nc1c(F)c(F)c(F)c(F)c1F)Nc1c(F)c(F)c(F)c(F)c1F. The van der Waals surface area contributed by atoms with Gasteiger partial charge in [-0.3, -0.25) is 19.2 Å². The van der Waals surface area contributed by atoms with E-state index in [0.717, 1.165) is 21.3 Å². The summed E-state index contributed by atoms with van der Waals surface area (Å²) < 4.78 is 281. The number of carbonyl (C=O) groups excluding carboxylic acids is 4. The molecule has 4 aromatic rings. The number of hydrogen-bond acceptors (Lipinski definition) is 4. The molecule has 0 fully saturated rings. The number of rotatable bonds is 11. The molecular formula is C32H10F20N4O4. The van der Waals surface area contributed by atoms with Gasteiger partial charge in [-0.1, -0.05) is 0 Å². The highest BCUT2D eigenvalue weighted by molar-refractivity contribution is 6.05. The summed E-state index contributed by atoms with van der Waals surface area (Å²) in [5, 5.41) is 3.68. The van der Waals surface area contributed by atoms with Gasteiger partial charge in [0.05, 0.1) is 11.8 Å². The summed E-state index contributed by atoms with van der Waals surface area (Å²) >= 11 is 0. The molecule has 0 radical (unpaired) electrons. The molecule has 0 aliphatic rings. The third-order valence-corrected chi connectivity index (χ3v) is 7.83. The first-order chi connectivity index (χ1) is 27.8. The van der Waals surface area contributed by atoms with E-state index in [1.54, 1.807) is 0 Å². The first kappa shape index (κ1) is 46.1. The average molecular weight is 894 g/mol. The van der Waals surface area contributed by atoms with Gasteiger partial charge >= 0.3 is 0 Å². The third kappa shape index (κ3) is 8.29. The maximum atomic E-state index is 14.6. The molecule has 2 unspecified atom stereocenters. The molecule has 4 aromatic carbocycles. The van der Waals surface area contributed by atoms with Gasteiger partial charge in [0.15, 0.2) is 93.1 Å². The lowest BCUT2D eigenvalue weighted by Crippen LogP contribution is -2.41. The standard InChI is InChI=1S/C32H10F20N4O4/c33-7-11(37)19(45)27(20(46)12(7)38)53-5(57)1-3(31(59)55-29-23(49)15(41)9(35)16(42)24(29)50)4(32(60)56-30-25(51)17(43)10(36)18(44)26(30)52)2-6(58)54-28-21(47)13(39)8(34)14(40)22(28)48/h3-4H,1-2H2,(H,53,57)(H,54,58)(H,55,59)(H,56,60). The molecule has 0 saturated heterocycles. The number of nitrogens with one attached hydrogen (secondary N) is 4. The number of benzene rings is 4. The monoisotopic (exact) mass is 894 g/mol. The first-order valence-electron chi connectivity index (χ1n) is 15.0. The van der Waals surface area contributed by atoms with Crippen LogP contribution in [0, 0.1) is 128 Å². The highest BCUT2D eigenvalue weighted by Gasteiger charge is 2.41. The second-order valence-electron chi connectivity index (χ2n) is 11.5. The van der Waals surface area contributed by atoms with E-state index in [-0.39, 0.29) is 0 Å². The van der Waals surface area contributed by atoms with Gasteiger partial charge in [0, 0.05) is 12.8 Å². The van der Waals surface area contributed by atoms with E-state index in [2.05, 4.69) is 0 Å². The largest absolute Gasteiger partial charge is 0.321 e. The fourth-order valence-electron chi connectivity index (χ4n) is 4.91. The zero-order valence-electron chi connectivity index (χ0n) is 27.8. The Hall–Kier alpha value is -6.64. The molecule has 4 amide bonds. The van der Waals surface area contributed by atoms with Gasteiger partial charge in [-0.15, -0.1) is 0 Å². The minimum absolute atomic E-state index is 0.892. The lowest BCUT2D eigenvalue weighted by atomic mass is 9.84. The number of carbonyl (C=O) groups is 4. The topological polar surface area (TPSA) is 116 Å². The van der Waals surface area contributed by atoms with Crippen LogP contribution in [-0.2, 0) is 19.2 Å². The molecule has 0 aromatic heterocycles. The van der Waals surface area contributed by atoms with E-state index in [0.29, 0.717) is 0 Å².